The molecule has 2 rings (SSSR count). The molecular formula is C12H13NO2S. The average molecular weight is 235 g/mol. The number of nitrogen functional groups attached to an aromatic ring is 1. The van der Waals surface area contributed by atoms with E-state index in [9.17, 15) is 8.42 Å². The highest BCUT2D eigenvalue weighted by Crippen LogP contribution is 2.25. The number of anilines is 1. The molecule has 2 N–H and O–H groups in total. The van der Waals surface area contributed by atoms with Crippen LogP contribution in [0.25, 0.3) is 10.8 Å². The summed E-state index contributed by atoms with van der Waals surface area (Å²) < 4.78 is 22.5. The maximum atomic E-state index is 11.2. The molecule has 3 nitrogen and oxygen atoms in total. The topological polar surface area (TPSA) is 60.2 Å². The van der Waals surface area contributed by atoms with Crippen LogP contribution < -0.4 is 5.73 Å². The molecule has 0 saturated carbocycles. The Labute approximate surface area is 94.8 Å². The van der Waals surface area contributed by atoms with Crippen molar-refractivity contribution < 1.29 is 8.42 Å². The van der Waals surface area contributed by atoms with Gasteiger partial charge in [0.15, 0.2) is 9.84 Å². The fourth-order valence-corrected chi connectivity index (χ4v) is 2.57. The van der Waals surface area contributed by atoms with E-state index < -0.39 is 9.84 Å². The SMILES string of the molecule is CS(=O)(=O)Cc1ccc2ccccc2c1N. The van der Waals surface area contributed by atoms with E-state index in [4.69, 9.17) is 5.73 Å². The molecule has 0 fully saturated rings. The van der Waals surface area contributed by atoms with E-state index in [1.54, 1.807) is 6.07 Å². The molecule has 2 aromatic rings. The Morgan fingerprint density at radius 1 is 1.12 bits per heavy atom. The van der Waals surface area contributed by atoms with Crippen LogP contribution in [0.2, 0.25) is 0 Å². The van der Waals surface area contributed by atoms with E-state index >= 15 is 0 Å². The van der Waals surface area contributed by atoms with Gasteiger partial charge in [-0.05, 0) is 10.9 Å². The molecule has 0 aliphatic heterocycles. The minimum atomic E-state index is -3.05. The first-order chi connectivity index (χ1) is 7.47. The van der Waals surface area contributed by atoms with Gasteiger partial charge in [-0.1, -0.05) is 36.4 Å². The van der Waals surface area contributed by atoms with Crippen molar-refractivity contribution in [3.63, 3.8) is 0 Å². The third-order valence-corrected chi connectivity index (χ3v) is 3.31. The number of benzene rings is 2. The maximum absolute atomic E-state index is 11.2. The summed E-state index contributed by atoms with van der Waals surface area (Å²) in [6.07, 6.45) is 1.21. The lowest BCUT2D eigenvalue weighted by Crippen LogP contribution is -2.04. The lowest BCUT2D eigenvalue weighted by molar-refractivity contribution is 0.601. The van der Waals surface area contributed by atoms with E-state index in [1.165, 1.54) is 6.26 Å². The van der Waals surface area contributed by atoms with Crippen molar-refractivity contribution in [2.45, 2.75) is 5.75 Å². The summed E-state index contributed by atoms with van der Waals surface area (Å²) in [6, 6.07) is 11.3. The molecule has 0 bridgehead atoms. The van der Waals surface area contributed by atoms with Gasteiger partial charge in [0.2, 0.25) is 0 Å². The molecule has 0 saturated heterocycles. The predicted molar refractivity (Wildman–Crippen MR) is 66.9 cm³/mol. The Morgan fingerprint density at radius 3 is 2.50 bits per heavy atom. The van der Waals surface area contributed by atoms with Gasteiger partial charge in [-0.3, -0.25) is 0 Å². The Hall–Kier alpha value is -1.55. The summed E-state index contributed by atoms with van der Waals surface area (Å²) in [5.41, 5.74) is 7.19. The number of hydrogen-bond acceptors (Lipinski definition) is 3. The molecule has 0 aromatic heterocycles. The Morgan fingerprint density at radius 2 is 1.81 bits per heavy atom. The van der Waals surface area contributed by atoms with Crippen molar-refractivity contribution in [3.8, 4) is 0 Å². The van der Waals surface area contributed by atoms with Crippen LogP contribution in [0, 0.1) is 0 Å². The molecule has 4 heteroatoms. The first-order valence-corrected chi connectivity index (χ1v) is 6.97. The fourth-order valence-electron chi connectivity index (χ4n) is 1.75. The van der Waals surface area contributed by atoms with Crippen LogP contribution >= 0.6 is 0 Å². The second kappa shape index (κ2) is 3.79. The van der Waals surface area contributed by atoms with Gasteiger partial charge < -0.3 is 5.73 Å². The molecule has 0 aliphatic rings. The van der Waals surface area contributed by atoms with Crippen LogP contribution in [0.3, 0.4) is 0 Å². The van der Waals surface area contributed by atoms with Crippen LogP contribution in [-0.4, -0.2) is 14.7 Å². The summed E-state index contributed by atoms with van der Waals surface area (Å²) in [7, 11) is -3.05. The fraction of sp³-hybridized carbons (Fsp3) is 0.167. The van der Waals surface area contributed by atoms with Crippen LogP contribution in [-0.2, 0) is 15.6 Å². The molecule has 16 heavy (non-hydrogen) atoms. The molecular weight excluding hydrogens is 222 g/mol. The average Bonchev–Trinajstić information content (AvgIpc) is 2.21. The summed E-state index contributed by atoms with van der Waals surface area (Å²) in [5, 5.41) is 1.93. The monoisotopic (exact) mass is 235 g/mol. The van der Waals surface area contributed by atoms with Crippen LogP contribution in [0.15, 0.2) is 36.4 Å². The predicted octanol–water partition coefficient (Wildman–Crippen LogP) is 1.97. The number of sulfone groups is 1. The second-order valence-electron chi connectivity index (χ2n) is 3.93. The van der Waals surface area contributed by atoms with Crippen molar-refractivity contribution in [2.24, 2.45) is 0 Å². The van der Waals surface area contributed by atoms with E-state index in [2.05, 4.69) is 0 Å². The van der Waals surface area contributed by atoms with Crippen molar-refractivity contribution in [2.75, 3.05) is 12.0 Å². The normalized spacial score (nSPS) is 11.8. The van der Waals surface area contributed by atoms with Crippen LogP contribution in [0.5, 0.6) is 0 Å². The first-order valence-electron chi connectivity index (χ1n) is 4.91. The maximum Gasteiger partial charge on any atom is 0.151 e. The van der Waals surface area contributed by atoms with Gasteiger partial charge in [0.1, 0.15) is 0 Å². The molecule has 0 heterocycles. The molecule has 0 radical (unpaired) electrons. The van der Waals surface area contributed by atoms with Crippen molar-refractivity contribution >= 4 is 26.3 Å². The summed E-state index contributed by atoms with van der Waals surface area (Å²) in [4.78, 5) is 0. The molecule has 0 unspecified atom stereocenters. The highest BCUT2D eigenvalue weighted by atomic mass is 32.2. The Kier molecular flexibility index (Phi) is 2.59. The minimum absolute atomic E-state index is 0.0103. The van der Waals surface area contributed by atoms with E-state index in [0.717, 1.165) is 10.8 Å². The van der Waals surface area contributed by atoms with Crippen LogP contribution in [0.4, 0.5) is 5.69 Å². The van der Waals surface area contributed by atoms with Crippen molar-refractivity contribution in [1.82, 2.24) is 0 Å². The van der Waals surface area contributed by atoms with E-state index in [0.29, 0.717) is 11.3 Å². The van der Waals surface area contributed by atoms with E-state index in [1.807, 2.05) is 30.3 Å². The zero-order valence-corrected chi connectivity index (χ0v) is 9.79. The molecule has 0 amide bonds. The van der Waals surface area contributed by atoms with Gasteiger partial charge in [0.25, 0.3) is 0 Å². The largest absolute Gasteiger partial charge is 0.398 e. The highest BCUT2D eigenvalue weighted by molar-refractivity contribution is 7.89. The highest BCUT2D eigenvalue weighted by Gasteiger charge is 2.09. The quantitative estimate of drug-likeness (QED) is 0.809. The van der Waals surface area contributed by atoms with Gasteiger partial charge in [0.05, 0.1) is 5.75 Å². The van der Waals surface area contributed by atoms with Crippen molar-refractivity contribution in [3.05, 3.63) is 42.0 Å². The zero-order valence-electron chi connectivity index (χ0n) is 8.97. The Balaban J connectivity index is 2.61. The van der Waals surface area contributed by atoms with Gasteiger partial charge in [0, 0.05) is 17.3 Å². The smallest absolute Gasteiger partial charge is 0.151 e. The third-order valence-electron chi connectivity index (χ3n) is 2.48. The van der Waals surface area contributed by atoms with Crippen LogP contribution in [0.1, 0.15) is 5.56 Å². The van der Waals surface area contributed by atoms with Gasteiger partial charge in [-0.25, -0.2) is 8.42 Å². The third kappa shape index (κ3) is 2.17. The zero-order chi connectivity index (χ0) is 11.8. The Bertz CT molecular complexity index is 633. The molecule has 84 valence electrons. The summed E-state index contributed by atoms with van der Waals surface area (Å²) >= 11 is 0. The number of fused-ring (bicyclic) bond motifs is 1. The van der Waals surface area contributed by atoms with Gasteiger partial charge >= 0.3 is 0 Å². The lowest BCUT2D eigenvalue weighted by atomic mass is 10.1. The standard InChI is InChI=1S/C12H13NO2S/c1-16(14,15)8-10-7-6-9-4-2-3-5-11(9)12(10)13/h2-7H,8,13H2,1H3. The second-order valence-corrected chi connectivity index (χ2v) is 6.07. The lowest BCUT2D eigenvalue weighted by Gasteiger charge is -2.08. The number of nitrogens with two attached hydrogens (primary N) is 1. The van der Waals surface area contributed by atoms with Crippen molar-refractivity contribution in [1.29, 1.82) is 0 Å². The molecule has 0 aliphatic carbocycles. The summed E-state index contributed by atoms with van der Waals surface area (Å²) in [5.74, 6) is -0.0103. The number of hydrogen-bond donors (Lipinski definition) is 1. The number of rotatable bonds is 2. The summed E-state index contributed by atoms with van der Waals surface area (Å²) in [6.45, 7) is 0. The molecule has 0 spiro atoms. The van der Waals surface area contributed by atoms with E-state index in [-0.39, 0.29) is 5.75 Å². The first kappa shape index (κ1) is 11.0. The molecule has 0 atom stereocenters. The minimum Gasteiger partial charge on any atom is -0.398 e. The van der Waals surface area contributed by atoms with Gasteiger partial charge in [-0.15, -0.1) is 0 Å². The molecule has 2 aromatic carbocycles. The van der Waals surface area contributed by atoms with Gasteiger partial charge in [-0.2, -0.15) is 0 Å².